The number of hydrogen-bond acceptors (Lipinski definition) is 3. The predicted octanol–water partition coefficient (Wildman–Crippen LogP) is 4.15. The summed E-state index contributed by atoms with van der Waals surface area (Å²) in [6, 6.07) is 16.5. The van der Waals surface area contributed by atoms with E-state index in [1.807, 2.05) is 23.0 Å². The molecular weight excluding hydrogens is 398 g/mol. The Hall–Kier alpha value is -2.83. The molecule has 1 aliphatic heterocycles. The van der Waals surface area contributed by atoms with Gasteiger partial charge in [0.25, 0.3) is 5.91 Å². The van der Waals surface area contributed by atoms with E-state index >= 15 is 0 Å². The van der Waals surface area contributed by atoms with Gasteiger partial charge in [-0.05, 0) is 63.2 Å². The Labute approximate surface area is 181 Å². The Kier molecular flexibility index (Phi) is 5.54. The number of carbonyl (C=O) groups is 1. The molecule has 1 saturated heterocycles. The van der Waals surface area contributed by atoms with Crippen molar-refractivity contribution in [1.29, 1.82) is 0 Å². The maximum atomic E-state index is 13.4. The summed E-state index contributed by atoms with van der Waals surface area (Å²) < 4.78 is 4.14. The lowest BCUT2D eigenvalue weighted by atomic mass is 9.87. The zero-order valence-electron chi connectivity index (χ0n) is 17.0. The number of aryl methyl sites for hydroxylation is 1. The summed E-state index contributed by atoms with van der Waals surface area (Å²) in [5.41, 5.74) is 2.59. The fraction of sp³-hybridized carbons (Fsp3) is 0.304. The molecule has 2 aromatic heterocycles. The number of halogens is 1. The molecule has 7 heteroatoms. The molecule has 0 bridgehead atoms. The highest BCUT2D eigenvalue weighted by Gasteiger charge is 2.42. The standard InChI is InChI=1S/C23H25N5O.ClH/c1-2-27-20-7-4-3-6-18(20)19-16-17(8-9-21(19)27)26-22(29)23(10-13-24-14-11-23)28-15-5-12-25-28;/h3-9,12,15-16,24H,2,10-11,13-14H2,1H3,(H,26,29);1H. The first-order chi connectivity index (χ1) is 14.2. The molecule has 0 atom stereocenters. The van der Waals surface area contributed by atoms with Crippen molar-refractivity contribution in [3.05, 3.63) is 60.9 Å². The molecule has 6 nitrogen and oxygen atoms in total. The van der Waals surface area contributed by atoms with Crippen molar-refractivity contribution in [1.82, 2.24) is 19.7 Å². The van der Waals surface area contributed by atoms with Crippen molar-refractivity contribution in [3.63, 3.8) is 0 Å². The van der Waals surface area contributed by atoms with E-state index in [4.69, 9.17) is 0 Å². The molecule has 3 heterocycles. The first-order valence-electron chi connectivity index (χ1n) is 10.3. The minimum atomic E-state index is -0.652. The molecule has 0 saturated carbocycles. The number of para-hydroxylation sites is 1. The molecule has 4 aromatic rings. The van der Waals surface area contributed by atoms with Crippen molar-refractivity contribution < 1.29 is 4.79 Å². The van der Waals surface area contributed by atoms with E-state index < -0.39 is 5.54 Å². The van der Waals surface area contributed by atoms with Crippen LogP contribution in [-0.4, -0.2) is 33.3 Å². The number of nitrogens with zero attached hydrogens (tertiary/aromatic N) is 3. The third-order valence-corrected chi connectivity index (χ3v) is 6.14. The Morgan fingerprint density at radius 2 is 1.87 bits per heavy atom. The summed E-state index contributed by atoms with van der Waals surface area (Å²) in [5.74, 6) is 0.00118. The largest absolute Gasteiger partial charge is 0.341 e. The highest BCUT2D eigenvalue weighted by molar-refractivity contribution is 6.10. The second-order valence-corrected chi connectivity index (χ2v) is 7.68. The third kappa shape index (κ3) is 3.16. The van der Waals surface area contributed by atoms with Gasteiger partial charge in [-0.3, -0.25) is 9.48 Å². The summed E-state index contributed by atoms with van der Waals surface area (Å²) in [7, 11) is 0. The molecule has 5 rings (SSSR count). The van der Waals surface area contributed by atoms with E-state index in [0.29, 0.717) is 0 Å². The van der Waals surface area contributed by atoms with Crippen molar-refractivity contribution >= 4 is 45.8 Å². The van der Waals surface area contributed by atoms with Crippen LogP contribution in [0.1, 0.15) is 19.8 Å². The summed E-state index contributed by atoms with van der Waals surface area (Å²) in [4.78, 5) is 13.4. The third-order valence-electron chi connectivity index (χ3n) is 6.14. The van der Waals surface area contributed by atoms with E-state index in [-0.39, 0.29) is 18.3 Å². The molecule has 1 aliphatic rings. The van der Waals surface area contributed by atoms with Gasteiger partial charge in [-0.1, -0.05) is 18.2 Å². The number of hydrogen-bond donors (Lipinski definition) is 2. The molecule has 0 aliphatic carbocycles. The van der Waals surface area contributed by atoms with Gasteiger partial charge < -0.3 is 15.2 Å². The van der Waals surface area contributed by atoms with E-state index in [0.717, 1.165) is 38.2 Å². The molecule has 2 aromatic carbocycles. The number of carbonyl (C=O) groups excluding carboxylic acids is 1. The van der Waals surface area contributed by atoms with Gasteiger partial charge in [0.1, 0.15) is 5.54 Å². The highest BCUT2D eigenvalue weighted by Crippen LogP contribution is 2.33. The number of benzene rings is 2. The topological polar surface area (TPSA) is 63.9 Å². The molecule has 0 unspecified atom stereocenters. The predicted molar refractivity (Wildman–Crippen MR) is 123 cm³/mol. The highest BCUT2D eigenvalue weighted by atomic mass is 35.5. The zero-order valence-corrected chi connectivity index (χ0v) is 17.8. The van der Waals surface area contributed by atoms with Crippen LogP contribution in [0.3, 0.4) is 0 Å². The van der Waals surface area contributed by atoms with Crippen LogP contribution >= 0.6 is 12.4 Å². The van der Waals surface area contributed by atoms with E-state index in [1.54, 1.807) is 6.20 Å². The van der Waals surface area contributed by atoms with Crippen molar-refractivity contribution in [2.75, 3.05) is 18.4 Å². The second-order valence-electron chi connectivity index (χ2n) is 7.68. The van der Waals surface area contributed by atoms with Crippen LogP contribution in [0.4, 0.5) is 5.69 Å². The Balaban J connectivity index is 0.00000218. The van der Waals surface area contributed by atoms with Gasteiger partial charge >= 0.3 is 0 Å². The smallest absolute Gasteiger partial charge is 0.252 e. The molecule has 30 heavy (non-hydrogen) atoms. The van der Waals surface area contributed by atoms with Gasteiger partial charge in [-0.15, -0.1) is 12.4 Å². The average molecular weight is 424 g/mol. The monoisotopic (exact) mass is 423 g/mol. The van der Waals surface area contributed by atoms with Crippen LogP contribution in [0.2, 0.25) is 0 Å². The number of nitrogens with one attached hydrogen (secondary N) is 2. The quantitative estimate of drug-likeness (QED) is 0.518. The van der Waals surface area contributed by atoms with E-state index in [2.05, 4.69) is 63.6 Å². The van der Waals surface area contributed by atoms with Crippen molar-refractivity contribution in [3.8, 4) is 0 Å². The fourth-order valence-electron chi connectivity index (χ4n) is 4.64. The number of piperidine rings is 1. The lowest BCUT2D eigenvalue weighted by molar-refractivity contribution is -0.126. The van der Waals surface area contributed by atoms with Crippen LogP contribution in [-0.2, 0) is 16.9 Å². The van der Waals surface area contributed by atoms with Gasteiger partial charge in [0, 0.05) is 46.4 Å². The molecule has 0 spiro atoms. The number of anilines is 1. The summed E-state index contributed by atoms with van der Waals surface area (Å²) >= 11 is 0. The number of aromatic nitrogens is 3. The lowest BCUT2D eigenvalue weighted by Crippen LogP contribution is -2.52. The van der Waals surface area contributed by atoms with Crippen LogP contribution < -0.4 is 10.6 Å². The molecule has 2 N–H and O–H groups in total. The zero-order chi connectivity index (χ0) is 19.8. The first kappa shape index (κ1) is 20.4. The minimum absolute atomic E-state index is 0. The molecular formula is C23H26ClN5O. The molecule has 0 radical (unpaired) electrons. The van der Waals surface area contributed by atoms with Gasteiger partial charge in [-0.2, -0.15) is 5.10 Å². The van der Waals surface area contributed by atoms with Crippen LogP contribution in [0.5, 0.6) is 0 Å². The van der Waals surface area contributed by atoms with Gasteiger partial charge in [0.05, 0.1) is 0 Å². The summed E-state index contributed by atoms with van der Waals surface area (Å²) in [5, 5.41) is 13.3. The molecule has 1 fully saturated rings. The molecule has 1 amide bonds. The Morgan fingerprint density at radius 1 is 1.10 bits per heavy atom. The van der Waals surface area contributed by atoms with Crippen LogP contribution in [0.25, 0.3) is 21.8 Å². The summed E-state index contributed by atoms with van der Waals surface area (Å²) in [6.45, 7) is 4.67. The summed E-state index contributed by atoms with van der Waals surface area (Å²) in [6.07, 6.45) is 5.07. The van der Waals surface area contributed by atoms with Crippen LogP contribution in [0.15, 0.2) is 60.9 Å². The van der Waals surface area contributed by atoms with Crippen molar-refractivity contribution in [2.45, 2.75) is 31.8 Å². The van der Waals surface area contributed by atoms with Gasteiger partial charge in [0.15, 0.2) is 0 Å². The Morgan fingerprint density at radius 3 is 2.60 bits per heavy atom. The Bertz CT molecular complexity index is 1180. The number of rotatable bonds is 4. The van der Waals surface area contributed by atoms with Crippen molar-refractivity contribution in [2.24, 2.45) is 0 Å². The van der Waals surface area contributed by atoms with Gasteiger partial charge in [-0.25, -0.2) is 0 Å². The lowest BCUT2D eigenvalue weighted by Gasteiger charge is -2.36. The van der Waals surface area contributed by atoms with E-state index in [9.17, 15) is 4.79 Å². The SMILES string of the molecule is CCn1c2ccccc2c2cc(NC(=O)C3(n4cccn4)CCNCC3)ccc21.Cl. The molecule has 156 valence electrons. The average Bonchev–Trinajstić information content (AvgIpc) is 3.41. The van der Waals surface area contributed by atoms with E-state index in [1.165, 1.54) is 21.8 Å². The van der Waals surface area contributed by atoms with Gasteiger partial charge in [0.2, 0.25) is 0 Å². The normalized spacial score (nSPS) is 15.8. The minimum Gasteiger partial charge on any atom is -0.341 e. The maximum Gasteiger partial charge on any atom is 0.252 e. The second kappa shape index (κ2) is 8.13. The maximum absolute atomic E-state index is 13.4. The first-order valence-corrected chi connectivity index (χ1v) is 10.3. The fourth-order valence-corrected chi connectivity index (χ4v) is 4.64. The number of amides is 1. The van der Waals surface area contributed by atoms with Crippen LogP contribution in [0, 0.1) is 0 Å². The number of fused-ring (bicyclic) bond motifs is 3.